The Morgan fingerprint density at radius 3 is 2.50 bits per heavy atom. The first-order valence-electron chi connectivity index (χ1n) is 11.4. The maximum Gasteiger partial charge on any atom is 0.223 e. The summed E-state index contributed by atoms with van der Waals surface area (Å²) in [6, 6.07) is 2.05. The Hall–Kier alpha value is -1.70. The number of halogens is 1. The number of nitrogens with one attached hydrogen (secondary N) is 2. The van der Waals surface area contributed by atoms with Crippen LogP contribution in [0.15, 0.2) is 12.4 Å². The molecular formula is C22H32ClN7. The molecule has 5 rings (SSSR count). The van der Waals surface area contributed by atoms with Crippen LogP contribution in [-0.4, -0.2) is 43.9 Å². The van der Waals surface area contributed by atoms with E-state index in [0.29, 0.717) is 35.1 Å². The van der Waals surface area contributed by atoms with Gasteiger partial charge in [-0.1, -0.05) is 11.6 Å². The lowest BCUT2D eigenvalue weighted by atomic mass is 9.84. The number of hydrogen-bond acceptors (Lipinski definition) is 6. The van der Waals surface area contributed by atoms with Crippen LogP contribution in [0.4, 0.5) is 5.95 Å². The summed E-state index contributed by atoms with van der Waals surface area (Å²) >= 11 is 6.50. The lowest BCUT2D eigenvalue weighted by molar-refractivity contribution is 0.236. The summed E-state index contributed by atoms with van der Waals surface area (Å²) in [5.74, 6) is 1.44. The van der Waals surface area contributed by atoms with Crippen molar-refractivity contribution in [3.05, 3.63) is 23.1 Å². The van der Waals surface area contributed by atoms with Crippen LogP contribution >= 0.6 is 11.6 Å². The second-order valence-electron chi connectivity index (χ2n) is 9.45. The van der Waals surface area contributed by atoms with Crippen LogP contribution in [-0.2, 0) is 13.5 Å². The number of aryl methyl sites for hydroxylation is 1. The molecule has 2 heterocycles. The van der Waals surface area contributed by atoms with Crippen molar-refractivity contribution in [2.45, 2.75) is 82.0 Å². The van der Waals surface area contributed by atoms with Gasteiger partial charge in [0.1, 0.15) is 0 Å². The molecule has 3 fully saturated rings. The molecule has 0 spiro atoms. The Morgan fingerprint density at radius 1 is 1.07 bits per heavy atom. The predicted molar refractivity (Wildman–Crippen MR) is 119 cm³/mol. The number of nitrogens with two attached hydrogens (primary N) is 1. The molecule has 3 aliphatic carbocycles. The highest BCUT2D eigenvalue weighted by molar-refractivity contribution is 6.32. The van der Waals surface area contributed by atoms with Gasteiger partial charge in [-0.2, -0.15) is 5.10 Å². The van der Waals surface area contributed by atoms with Crippen molar-refractivity contribution in [2.75, 3.05) is 5.32 Å². The summed E-state index contributed by atoms with van der Waals surface area (Å²) < 4.78 is 1.96. The van der Waals surface area contributed by atoms with Crippen molar-refractivity contribution in [3.8, 4) is 11.3 Å². The summed E-state index contributed by atoms with van der Waals surface area (Å²) in [5, 5.41) is 12.4. The molecule has 0 aliphatic heterocycles. The first-order valence-corrected chi connectivity index (χ1v) is 11.7. The van der Waals surface area contributed by atoms with Crippen LogP contribution in [0, 0.1) is 5.92 Å². The number of rotatable bonds is 7. The summed E-state index contributed by atoms with van der Waals surface area (Å²) in [6.07, 6.45) is 14.1. The van der Waals surface area contributed by atoms with E-state index >= 15 is 0 Å². The third-order valence-electron chi connectivity index (χ3n) is 6.95. The highest BCUT2D eigenvalue weighted by atomic mass is 35.5. The number of anilines is 1. The molecule has 0 saturated heterocycles. The fraction of sp³-hybridized carbons (Fsp3) is 0.682. The molecule has 2 aromatic rings. The van der Waals surface area contributed by atoms with Crippen LogP contribution in [0.1, 0.15) is 57.1 Å². The maximum atomic E-state index is 6.50. The first-order chi connectivity index (χ1) is 14.5. The molecule has 162 valence electrons. The molecule has 8 heteroatoms. The van der Waals surface area contributed by atoms with Crippen LogP contribution in [0.3, 0.4) is 0 Å². The van der Waals surface area contributed by atoms with Gasteiger partial charge in [-0.05, 0) is 63.7 Å². The van der Waals surface area contributed by atoms with Gasteiger partial charge >= 0.3 is 0 Å². The number of hydrogen-bond donors (Lipinski definition) is 3. The molecule has 2 aromatic heterocycles. The van der Waals surface area contributed by atoms with Gasteiger partial charge in [0, 0.05) is 42.5 Å². The molecule has 0 amide bonds. The molecular weight excluding hydrogens is 398 g/mol. The van der Waals surface area contributed by atoms with Crippen molar-refractivity contribution in [3.63, 3.8) is 0 Å². The lowest BCUT2D eigenvalue weighted by Gasteiger charge is -2.38. The fourth-order valence-corrected chi connectivity index (χ4v) is 5.03. The van der Waals surface area contributed by atoms with Crippen molar-refractivity contribution in [1.29, 1.82) is 0 Å². The van der Waals surface area contributed by atoms with Gasteiger partial charge in [-0.25, -0.2) is 9.97 Å². The molecule has 3 aliphatic rings. The number of aromatic nitrogens is 4. The van der Waals surface area contributed by atoms with Crippen molar-refractivity contribution in [1.82, 2.24) is 25.1 Å². The third-order valence-corrected chi connectivity index (χ3v) is 7.22. The van der Waals surface area contributed by atoms with E-state index in [1.807, 2.05) is 17.9 Å². The third kappa shape index (κ3) is 4.48. The lowest BCUT2D eigenvalue weighted by Crippen LogP contribution is -2.52. The average Bonchev–Trinajstić information content (AvgIpc) is 3.46. The van der Waals surface area contributed by atoms with E-state index in [4.69, 9.17) is 22.3 Å². The quantitative estimate of drug-likeness (QED) is 0.625. The minimum Gasteiger partial charge on any atom is -0.351 e. The molecule has 0 unspecified atom stereocenters. The van der Waals surface area contributed by atoms with E-state index in [-0.39, 0.29) is 0 Å². The summed E-state index contributed by atoms with van der Waals surface area (Å²) in [7, 11) is 2.00. The fourth-order valence-electron chi connectivity index (χ4n) is 4.84. The van der Waals surface area contributed by atoms with Crippen LogP contribution < -0.4 is 16.4 Å². The molecule has 3 saturated carbocycles. The molecule has 4 N–H and O–H groups in total. The van der Waals surface area contributed by atoms with E-state index in [1.54, 1.807) is 6.20 Å². The maximum absolute atomic E-state index is 6.50. The van der Waals surface area contributed by atoms with Crippen molar-refractivity contribution in [2.24, 2.45) is 18.7 Å². The van der Waals surface area contributed by atoms with Gasteiger partial charge < -0.3 is 16.4 Å². The van der Waals surface area contributed by atoms with E-state index in [2.05, 4.69) is 20.7 Å². The SMILES string of the molecule is Cn1ncc(-c2nc(N[C@H]3CC[C@H](NC4CC(N)C4)CC3)ncc2Cl)c1CC1CC1. The molecule has 7 nitrogen and oxygen atoms in total. The van der Waals surface area contributed by atoms with Gasteiger partial charge in [0.25, 0.3) is 0 Å². The Kier molecular flexibility index (Phi) is 5.69. The molecule has 30 heavy (non-hydrogen) atoms. The highest BCUT2D eigenvalue weighted by Gasteiger charge is 2.30. The van der Waals surface area contributed by atoms with Crippen LogP contribution in [0.2, 0.25) is 5.02 Å². The Labute approximate surface area is 183 Å². The Bertz CT molecular complexity index is 880. The Balaban J connectivity index is 1.23. The monoisotopic (exact) mass is 429 g/mol. The second kappa shape index (κ2) is 8.44. The van der Waals surface area contributed by atoms with Gasteiger partial charge in [0.2, 0.25) is 5.95 Å². The minimum absolute atomic E-state index is 0.403. The van der Waals surface area contributed by atoms with E-state index in [1.165, 1.54) is 31.4 Å². The Morgan fingerprint density at radius 2 is 1.80 bits per heavy atom. The van der Waals surface area contributed by atoms with Crippen molar-refractivity contribution >= 4 is 17.5 Å². The highest BCUT2D eigenvalue weighted by Crippen LogP contribution is 2.37. The predicted octanol–water partition coefficient (Wildman–Crippen LogP) is 3.29. The first kappa shape index (κ1) is 20.2. The summed E-state index contributed by atoms with van der Waals surface area (Å²) in [4.78, 5) is 9.25. The molecule has 0 radical (unpaired) electrons. The molecule has 0 aromatic carbocycles. The summed E-state index contributed by atoms with van der Waals surface area (Å²) in [5.41, 5.74) is 8.94. The smallest absolute Gasteiger partial charge is 0.223 e. The second-order valence-corrected chi connectivity index (χ2v) is 9.86. The largest absolute Gasteiger partial charge is 0.351 e. The zero-order valence-electron chi connectivity index (χ0n) is 17.6. The average molecular weight is 430 g/mol. The molecule has 0 bridgehead atoms. The van der Waals surface area contributed by atoms with Gasteiger partial charge in [0.05, 0.1) is 23.1 Å². The van der Waals surface area contributed by atoms with E-state index in [9.17, 15) is 0 Å². The van der Waals surface area contributed by atoms with Crippen LogP contribution in [0.5, 0.6) is 0 Å². The number of nitrogens with zero attached hydrogens (tertiary/aromatic N) is 4. The van der Waals surface area contributed by atoms with Crippen LogP contribution in [0.25, 0.3) is 11.3 Å². The normalized spacial score (nSPS) is 28.9. The topological polar surface area (TPSA) is 93.7 Å². The van der Waals surface area contributed by atoms with Gasteiger partial charge in [0.15, 0.2) is 0 Å². The van der Waals surface area contributed by atoms with Gasteiger partial charge in [-0.15, -0.1) is 0 Å². The minimum atomic E-state index is 0.403. The van der Waals surface area contributed by atoms with E-state index in [0.717, 1.165) is 49.3 Å². The summed E-state index contributed by atoms with van der Waals surface area (Å²) in [6.45, 7) is 0. The zero-order valence-corrected chi connectivity index (χ0v) is 18.4. The standard InChI is InChI=1S/C22H32ClN7/c1-30-20(8-13-2-3-13)18(11-26-30)21-19(23)12-25-22(29-21)28-16-6-4-15(5-7-16)27-17-9-14(24)10-17/h11-17,27H,2-10,24H2,1H3,(H,25,28,29)/t14?,15-,16-,17?. The zero-order chi connectivity index (χ0) is 20.7. The van der Waals surface area contributed by atoms with E-state index < -0.39 is 0 Å². The van der Waals surface area contributed by atoms with Crippen molar-refractivity contribution < 1.29 is 0 Å². The molecule has 0 atom stereocenters. The van der Waals surface area contributed by atoms with Gasteiger partial charge in [-0.3, -0.25) is 4.68 Å².